The molecule has 1 aliphatic rings. The minimum atomic E-state index is 0.0392. The summed E-state index contributed by atoms with van der Waals surface area (Å²) in [6.07, 6.45) is 3.29. The maximum absolute atomic E-state index is 11.7. The fourth-order valence-corrected chi connectivity index (χ4v) is 1.99. The van der Waals surface area contributed by atoms with Gasteiger partial charge in [-0.3, -0.25) is 4.79 Å². The van der Waals surface area contributed by atoms with Crippen LogP contribution in [0.2, 0.25) is 0 Å². The van der Waals surface area contributed by atoms with E-state index in [2.05, 4.69) is 11.4 Å². The number of rotatable bonds is 4. The van der Waals surface area contributed by atoms with Gasteiger partial charge in [-0.15, -0.1) is 0 Å². The lowest BCUT2D eigenvalue weighted by Crippen LogP contribution is -2.33. The molecule has 3 heteroatoms. The average molecular weight is 232 g/mol. The Morgan fingerprint density at radius 3 is 2.88 bits per heavy atom. The molecule has 1 fully saturated rings. The predicted molar refractivity (Wildman–Crippen MR) is 68.2 cm³/mol. The van der Waals surface area contributed by atoms with Crippen molar-refractivity contribution >= 4 is 5.91 Å². The maximum atomic E-state index is 11.7. The Bertz CT molecular complexity index is 397. The zero-order chi connectivity index (χ0) is 12.3. The molecule has 1 atom stereocenters. The zero-order valence-corrected chi connectivity index (χ0v) is 10.3. The van der Waals surface area contributed by atoms with E-state index in [4.69, 9.17) is 5.73 Å². The van der Waals surface area contributed by atoms with E-state index in [1.165, 1.54) is 6.42 Å². The van der Waals surface area contributed by atoms with Crippen molar-refractivity contribution in [3.05, 3.63) is 35.4 Å². The second-order valence-corrected chi connectivity index (χ2v) is 4.88. The van der Waals surface area contributed by atoms with E-state index in [1.54, 1.807) is 0 Å². The summed E-state index contributed by atoms with van der Waals surface area (Å²) < 4.78 is 0. The van der Waals surface area contributed by atoms with Crippen LogP contribution >= 0.6 is 0 Å². The summed E-state index contributed by atoms with van der Waals surface area (Å²) in [5, 5.41) is 2.99. The summed E-state index contributed by atoms with van der Waals surface area (Å²) in [4.78, 5) is 11.7. The molecule has 0 aromatic heterocycles. The van der Waals surface area contributed by atoms with Gasteiger partial charge in [0.15, 0.2) is 0 Å². The van der Waals surface area contributed by atoms with Crippen molar-refractivity contribution < 1.29 is 4.79 Å². The lowest BCUT2D eigenvalue weighted by molar-refractivity contribution is -0.127. The molecule has 0 saturated heterocycles. The number of amides is 1. The summed E-state index contributed by atoms with van der Waals surface area (Å²) >= 11 is 0. The number of nitrogens with two attached hydrogens (primary N) is 1. The Morgan fingerprint density at radius 1 is 1.53 bits per heavy atom. The van der Waals surface area contributed by atoms with Crippen LogP contribution in [0.25, 0.3) is 0 Å². The van der Waals surface area contributed by atoms with Crippen molar-refractivity contribution in [2.24, 2.45) is 11.7 Å². The summed E-state index contributed by atoms with van der Waals surface area (Å²) in [5.41, 5.74) is 8.06. The second-order valence-electron chi connectivity index (χ2n) is 4.88. The van der Waals surface area contributed by atoms with E-state index in [1.807, 2.05) is 25.1 Å². The van der Waals surface area contributed by atoms with Gasteiger partial charge in [-0.2, -0.15) is 0 Å². The number of nitrogens with one attached hydrogen (secondary N) is 1. The zero-order valence-electron chi connectivity index (χ0n) is 10.3. The van der Waals surface area contributed by atoms with Crippen molar-refractivity contribution in [1.82, 2.24) is 5.32 Å². The molecule has 0 heterocycles. The van der Waals surface area contributed by atoms with Gasteiger partial charge < -0.3 is 11.1 Å². The molecule has 1 amide bonds. The SMILES string of the molecule is CC(N)c1cccc(CNC(=O)C2CCC2)c1. The molecular formula is C14H20N2O. The van der Waals surface area contributed by atoms with Crippen LogP contribution in [-0.4, -0.2) is 5.91 Å². The fraction of sp³-hybridized carbons (Fsp3) is 0.500. The van der Waals surface area contributed by atoms with Crippen LogP contribution in [0.4, 0.5) is 0 Å². The van der Waals surface area contributed by atoms with Gasteiger partial charge in [0.1, 0.15) is 0 Å². The van der Waals surface area contributed by atoms with Crippen LogP contribution in [0.1, 0.15) is 43.4 Å². The van der Waals surface area contributed by atoms with Gasteiger partial charge in [0, 0.05) is 18.5 Å². The molecule has 1 aromatic rings. The molecule has 2 rings (SSSR count). The van der Waals surface area contributed by atoms with Crippen LogP contribution in [0.3, 0.4) is 0 Å². The normalized spacial score (nSPS) is 17.3. The standard InChI is InChI=1S/C14H20N2O/c1-10(15)13-7-2-4-11(8-13)9-16-14(17)12-5-3-6-12/h2,4,7-8,10,12H,3,5-6,9,15H2,1H3,(H,16,17). The Morgan fingerprint density at radius 2 is 2.29 bits per heavy atom. The third-order valence-corrected chi connectivity index (χ3v) is 3.42. The molecule has 0 spiro atoms. The smallest absolute Gasteiger partial charge is 0.223 e. The summed E-state index contributed by atoms with van der Waals surface area (Å²) in [7, 11) is 0. The van der Waals surface area contributed by atoms with Crippen LogP contribution in [0.5, 0.6) is 0 Å². The van der Waals surface area contributed by atoms with Crippen molar-refractivity contribution in [2.75, 3.05) is 0 Å². The highest BCUT2D eigenvalue weighted by Gasteiger charge is 2.24. The number of benzene rings is 1. The number of carbonyl (C=O) groups excluding carboxylic acids is 1. The van der Waals surface area contributed by atoms with Crippen molar-refractivity contribution in [3.63, 3.8) is 0 Å². The number of carbonyl (C=O) groups is 1. The Hall–Kier alpha value is -1.35. The molecule has 0 radical (unpaired) electrons. The van der Waals surface area contributed by atoms with Crippen LogP contribution < -0.4 is 11.1 Å². The van der Waals surface area contributed by atoms with Gasteiger partial charge >= 0.3 is 0 Å². The Labute approximate surface area is 102 Å². The lowest BCUT2D eigenvalue weighted by Gasteiger charge is -2.24. The summed E-state index contributed by atoms with van der Waals surface area (Å²) in [6.45, 7) is 2.57. The van der Waals surface area contributed by atoms with E-state index < -0.39 is 0 Å². The van der Waals surface area contributed by atoms with E-state index in [0.29, 0.717) is 6.54 Å². The van der Waals surface area contributed by atoms with Crippen LogP contribution in [-0.2, 0) is 11.3 Å². The highest BCUT2D eigenvalue weighted by molar-refractivity contribution is 5.79. The molecule has 0 bridgehead atoms. The highest BCUT2D eigenvalue weighted by Crippen LogP contribution is 2.26. The summed E-state index contributed by atoms with van der Waals surface area (Å²) in [5.74, 6) is 0.453. The fourth-order valence-electron chi connectivity index (χ4n) is 1.99. The second kappa shape index (κ2) is 5.32. The first kappa shape index (κ1) is 12.1. The van der Waals surface area contributed by atoms with Crippen LogP contribution in [0.15, 0.2) is 24.3 Å². The van der Waals surface area contributed by atoms with Gasteiger partial charge in [0.05, 0.1) is 0 Å². The first-order valence-corrected chi connectivity index (χ1v) is 6.29. The van der Waals surface area contributed by atoms with Gasteiger partial charge in [-0.05, 0) is 30.9 Å². The quantitative estimate of drug-likeness (QED) is 0.835. The largest absolute Gasteiger partial charge is 0.352 e. The van der Waals surface area contributed by atoms with Crippen molar-refractivity contribution in [3.8, 4) is 0 Å². The topological polar surface area (TPSA) is 55.1 Å². The van der Waals surface area contributed by atoms with E-state index in [0.717, 1.165) is 24.0 Å². The van der Waals surface area contributed by atoms with Crippen molar-refractivity contribution in [1.29, 1.82) is 0 Å². The Balaban J connectivity index is 1.89. The maximum Gasteiger partial charge on any atom is 0.223 e. The van der Waals surface area contributed by atoms with E-state index in [9.17, 15) is 4.79 Å². The molecule has 3 N–H and O–H groups in total. The van der Waals surface area contributed by atoms with Gasteiger partial charge in [-0.1, -0.05) is 30.7 Å². The van der Waals surface area contributed by atoms with Crippen LogP contribution in [0, 0.1) is 5.92 Å². The number of hydrogen-bond acceptors (Lipinski definition) is 2. The molecule has 1 aliphatic carbocycles. The van der Waals surface area contributed by atoms with Gasteiger partial charge in [-0.25, -0.2) is 0 Å². The lowest BCUT2D eigenvalue weighted by atomic mass is 9.85. The van der Waals surface area contributed by atoms with Gasteiger partial charge in [0.2, 0.25) is 5.91 Å². The molecule has 17 heavy (non-hydrogen) atoms. The third kappa shape index (κ3) is 3.07. The average Bonchev–Trinajstić information content (AvgIpc) is 2.24. The van der Waals surface area contributed by atoms with E-state index in [-0.39, 0.29) is 17.9 Å². The minimum absolute atomic E-state index is 0.0392. The summed E-state index contributed by atoms with van der Waals surface area (Å²) in [6, 6.07) is 8.13. The minimum Gasteiger partial charge on any atom is -0.352 e. The monoisotopic (exact) mass is 232 g/mol. The molecule has 3 nitrogen and oxygen atoms in total. The molecule has 1 saturated carbocycles. The predicted octanol–water partition coefficient (Wildman–Crippen LogP) is 2.12. The first-order valence-electron chi connectivity index (χ1n) is 6.29. The molecule has 1 aromatic carbocycles. The number of hydrogen-bond donors (Lipinski definition) is 2. The first-order chi connectivity index (χ1) is 8.16. The molecular weight excluding hydrogens is 212 g/mol. The molecule has 1 unspecified atom stereocenters. The van der Waals surface area contributed by atoms with Crippen molar-refractivity contribution in [2.45, 2.75) is 38.8 Å². The highest BCUT2D eigenvalue weighted by atomic mass is 16.1. The van der Waals surface area contributed by atoms with E-state index >= 15 is 0 Å². The third-order valence-electron chi connectivity index (χ3n) is 3.42. The van der Waals surface area contributed by atoms with Gasteiger partial charge in [0.25, 0.3) is 0 Å². The molecule has 92 valence electrons. The Kier molecular flexibility index (Phi) is 3.79. The molecule has 0 aliphatic heterocycles.